The third kappa shape index (κ3) is 5.74. The molecule has 3 aromatic rings. The van der Waals surface area contributed by atoms with Crippen LogP contribution in [0.5, 0.6) is 11.5 Å². The van der Waals surface area contributed by atoms with E-state index in [9.17, 15) is 9.59 Å². The molecule has 184 valence electrons. The largest absolute Gasteiger partial charge is 0.493 e. The normalized spacial score (nSPS) is 14.8. The van der Waals surface area contributed by atoms with Crippen LogP contribution in [0.15, 0.2) is 64.6 Å². The van der Waals surface area contributed by atoms with E-state index in [0.29, 0.717) is 34.4 Å². The molecule has 0 radical (unpaired) electrons. The molecule has 1 N–H and O–H groups in total. The van der Waals surface area contributed by atoms with Gasteiger partial charge < -0.3 is 9.47 Å². The van der Waals surface area contributed by atoms with Crippen LogP contribution >= 0.6 is 62.3 Å². The number of hydrogen-bond donors (Lipinski definition) is 1. The summed E-state index contributed by atoms with van der Waals surface area (Å²) in [6.07, 6.45) is 1.52. The Kier molecular flexibility index (Phi) is 8.34. The SMILES string of the molecule is COc1cc(C=C2C(=O)NC(=S)N(c3ccc(Br)cc3C)C2=O)cc(I)c1OCc1ccc(Cl)cc1. The molecule has 0 atom stereocenters. The molecule has 0 spiro atoms. The summed E-state index contributed by atoms with van der Waals surface area (Å²) < 4.78 is 13.2. The Hall–Kier alpha value is -2.47. The summed E-state index contributed by atoms with van der Waals surface area (Å²) >= 11 is 16.8. The van der Waals surface area contributed by atoms with Gasteiger partial charge >= 0.3 is 0 Å². The molecule has 1 saturated heterocycles. The Morgan fingerprint density at radius 3 is 2.53 bits per heavy atom. The van der Waals surface area contributed by atoms with E-state index in [0.717, 1.165) is 19.2 Å². The second-order valence-corrected chi connectivity index (χ2v) is 10.7. The molecular weight excluding hydrogens is 679 g/mol. The van der Waals surface area contributed by atoms with Crippen LogP contribution in [-0.4, -0.2) is 24.0 Å². The zero-order chi connectivity index (χ0) is 26.0. The second-order valence-electron chi connectivity index (χ2n) is 7.84. The van der Waals surface area contributed by atoms with Crippen LogP contribution in [-0.2, 0) is 16.2 Å². The van der Waals surface area contributed by atoms with Gasteiger partial charge in [-0.25, -0.2) is 0 Å². The standard InChI is InChI=1S/C26H19BrClIN2O4S/c1-14-9-17(27)5-8-21(14)31-25(33)19(24(32)30-26(31)36)10-16-11-20(29)23(22(12-16)34-2)35-13-15-3-6-18(28)7-4-15/h3-12H,13H2,1-2H3,(H,30,32,36). The Bertz CT molecular complexity index is 1410. The van der Waals surface area contributed by atoms with Gasteiger partial charge in [0, 0.05) is 9.50 Å². The van der Waals surface area contributed by atoms with Gasteiger partial charge in [-0.3, -0.25) is 19.8 Å². The minimum Gasteiger partial charge on any atom is -0.493 e. The molecule has 0 bridgehead atoms. The average molecular weight is 698 g/mol. The Morgan fingerprint density at radius 2 is 1.86 bits per heavy atom. The third-order valence-electron chi connectivity index (χ3n) is 5.36. The summed E-state index contributed by atoms with van der Waals surface area (Å²) in [6.45, 7) is 2.19. The van der Waals surface area contributed by atoms with Crippen molar-refractivity contribution < 1.29 is 19.1 Å². The summed E-state index contributed by atoms with van der Waals surface area (Å²) in [5.41, 5.74) is 2.94. The lowest BCUT2D eigenvalue weighted by Crippen LogP contribution is -2.54. The fourth-order valence-corrected chi connectivity index (χ4v) is 5.27. The Morgan fingerprint density at radius 1 is 1.14 bits per heavy atom. The van der Waals surface area contributed by atoms with Gasteiger partial charge in [0.25, 0.3) is 11.8 Å². The zero-order valence-corrected chi connectivity index (χ0v) is 24.4. The number of carbonyl (C=O) groups excluding carboxylic acids is 2. The van der Waals surface area contributed by atoms with Gasteiger partial charge in [-0.2, -0.15) is 0 Å². The summed E-state index contributed by atoms with van der Waals surface area (Å²) in [4.78, 5) is 27.5. The summed E-state index contributed by atoms with van der Waals surface area (Å²) in [5.74, 6) is -0.0373. The maximum Gasteiger partial charge on any atom is 0.270 e. The molecule has 0 aliphatic carbocycles. The van der Waals surface area contributed by atoms with E-state index in [4.69, 9.17) is 33.3 Å². The maximum atomic E-state index is 13.4. The number of ether oxygens (including phenoxy) is 2. The van der Waals surface area contributed by atoms with Gasteiger partial charge in [0.15, 0.2) is 16.6 Å². The number of aryl methyl sites for hydroxylation is 1. The molecule has 4 rings (SSSR count). The molecule has 6 nitrogen and oxygen atoms in total. The first-order valence-electron chi connectivity index (χ1n) is 10.6. The maximum absolute atomic E-state index is 13.4. The minimum absolute atomic E-state index is 0.0330. The molecule has 0 unspecified atom stereocenters. The van der Waals surface area contributed by atoms with Crippen LogP contribution in [0.2, 0.25) is 5.02 Å². The molecule has 2 amide bonds. The van der Waals surface area contributed by atoms with E-state index in [1.165, 1.54) is 18.1 Å². The van der Waals surface area contributed by atoms with Crippen LogP contribution in [0, 0.1) is 10.5 Å². The molecule has 3 aromatic carbocycles. The first kappa shape index (κ1) is 26.6. The second kappa shape index (κ2) is 11.3. The number of amides is 2. The molecule has 1 aliphatic rings. The highest BCUT2D eigenvalue weighted by molar-refractivity contribution is 14.1. The minimum atomic E-state index is -0.562. The number of carbonyl (C=O) groups is 2. The first-order valence-corrected chi connectivity index (χ1v) is 13.3. The quantitative estimate of drug-likeness (QED) is 0.139. The lowest BCUT2D eigenvalue weighted by molar-refractivity contribution is -0.122. The summed E-state index contributed by atoms with van der Waals surface area (Å²) in [5, 5.41) is 3.30. The molecule has 0 aromatic heterocycles. The molecule has 10 heteroatoms. The van der Waals surface area contributed by atoms with Crippen molar-refractivity contribution in [3.63, 3.8) is 0 Å². The van der Waals surface area contributed by atoms with Crippen molar-refractivity contribution in [1.29, 1.82) is 0 Å². The predicted molar refractivity (Wildman–Crippen MR) is 157 cm³/mol. The number of halogens is 3. The van der Waals surface area contributed by atoms with E-state index in [1.807, 2.05) is 37.3 Å². The predicted octanol–water partition coefficient (Wildman–Crippen LogP) is 6.43. The molecule has 36 heavy (non-hydrogen) atoms. The summed E-state index contributed by atoms with van der Waals surface area (Å²) in [6, 6.07) is 16.4. The Balaban J connectivity index is 1.65. The topological polar surface area (TPSA) is 67.9 Å². The van der Waals surface area contributed by atoms with Crippen molar-refractivity contribution in [3.8, 4) is 11.5 Å². The van der Waals surface area contributed by atoms with Crippen molar-refractivity contribution >= 4 is 91.0 Å². The molecular formula is C26H19BrClIN2O4S. The molecule has 1 aliphatic heterocycles. The highest BCUT2D eigenvalue weighted by Gasteiger charge is 2.35. The highest BCUT2D eigenvalue weighted by Crippen LogP contribution is 2.36. The van der Waals surface area contributed by atoms with Crippen molar-refractivity contribution in [2.75, 3.05) is 12.0 Å². The van der Waals surface area contributed by atoms with E-state index >= 15 is 0 Å². The lowest BCUT2D eigenvalue weighted by atomic mass is 10.1. The van der Waals surface area contributed by atoms with Gasteiger partial charge in [-0.1, -0.05) is 39.7 Å². The van der Waals surface area contributed by atoms with Crippen molar-refractivity contribution in [2.24, 2.45) is 0 Å². The van der Waals surface area contributed by atoms with Gasteiger partial charge in [-0.05, 0) is 107 Å². The molecule has 1 fully saturated rings. The number of nitrogens with one attached hydrogen (secondary N) is 1. The fraction of sp³-hybridized carbons (Fsp3) is 0.115. The van der Waals surface area contributed by atoms with Crippen LogP contribution in [0.25, 0.3) is 6.08 Å². The van der Waals surface area contributed by atoms with Gasteiger partial charge in [0.1, 0.15) is 12.2 Å². The van der Waals surface area contributed by atoms with Gasteiger partial charge in [0.2, 0.25) is 0 Å². The number of rotatable bonds is 6. The van der Waals surface area contributed by atoms with Crippen LogP contribution in [0.4, 0.5) is 5.69 Å². The van der Waals surface area contributed by atoms with Crippen LogP contribution in [0.1, 0.15) is 16.7 Å². The van der Waals surface area contributed by atoms with E-state index in [2.05, 4.69) is 43.8 Å². The van der Waals surface area contributed by atoms with Crippen molar-refractivity contribution in [2.45, 2.75) is 13.5 Å². The zero-order valence-electron chi connectivity index (χ0n) is 19.1. The summed E-state index contributed by atoms with van der Waals surface area (Å²) in [7, 11) is 1.53. The van der Waals surface area contributed by atoms with Crippen LogP contribution < -0.4 is 19.7 Å². The monoisotopic (exact) mass is 696 g/mol. The van der Waals surface area contributed by atoms with E-state index in [-0.39, 0.29) is 10.7 Å². The van der Waals surface area contributed by atoms with Crippen LogP contribution in [0.3, 0.4) is 0 Å². The Labute approximate surface area is 240 Å². The third-order valence-corrected chi connectivity index (χ3v) is 7.19. The number of benzene rings is 3. The highest BCUT2D eigenvalue weighted by atomic mass is 127. The first-order chi connectivity index (χ1) is 17.2. The number of hydrogen-bond acceptors (Lipinski definition) is 5. The number of thiocarbonyl (C=S) groups is 1. The van der Waals surface area contributed by atoms with Gasteiger partial charge in [0.05, 0.1) is 16.4 Å². The average Bonchev–Trinajstić information content (AvgIpc) is 2.83. The number of anilines is 1. The van der Waals surface area contributed by atoms with Crippen molar-refractivity contribution in [1.82, 2.24) is 5.32 Å². The van der Waals surface area contributed by atoms with Gasteiger partial charge in [-0.15, -0.1) is 0 Å². The smallest absolute Gasteiger partial charge is 0.270 e. The molecule has 1 heterocycles. The van der Waals surface area contributed by atoms with E-state index < -0.39 is 11.8 Å². The number of nitrogens with zero attached hydrogens (tertiary/aromatic N) is 1. The fourth-order valence-electron chi connectivity index (χ4n) is 3.61. The lowest BCUT2D eigenvalue weighted by Gasteiger charge is -2.30. The number of methoxy groups -OCH3 is 1. The van der Waals surface area contributed by atoms with Crippen molar-refractivity contribution in [3.05, 3.63) is 89.9 Å². The molecule has 0 saturated carbocycles. The van der Waals surface area contributed by atoms with E-state index in [1.54, 1.807) is 24.3 Å².